The topological polar surface area (TPSA) is 87.0 Å². The molecule has 0 aliphatic heterocycles. The van der Waals surface area contributed by atoms with Gasteiger partial charge in [0.1, 0.15) is 5.75 Å². The van der Waals surface area contributed by atoms with Crippen molar-refractivity contribution in [2.75, 3.05) is 0 Å². The third-order valence-electron chi connectivity index (χ3n) is 1.06. The molecule has 0 saturated heterocycles. The fourth-order valence-electron chi connectivity index (χ4n) is 0.587. The van der Waals surface area contributed by atoms with Crippen molar-refractivity contribution in [1.29, 1.82) is 0 Å². The molecular formula is C7H7NO4. The van der Waals surface area contributed by atoms with Gasteiger partial charge in [0.25, 0.3) is 0 Å². The standard InChI is InChI=1S/C7H6O2.HNO2/c8-5-6-3-1-2-4-7(6)9;2-1-3/h1-5,9H;(H,2,3). The van der Waals surface area contributed by atoms with Gasteiger partial charge in [0.15, 0.2) is 11.6 Å². The van der Waals surface area contributed by atoms with Crippen LogP contribution in [0.1, 0.15) is 10.4 Å². The van der Waals surface area contributed by atoms with Crippen LogP contribution in [0.2, 0.25) is 0 Å². The summed E-state index contributed by atoms with van der Waals surface area (Å²) in [5.74, 6) is 0.0347. The van der Waals surface area contributed by atoms with Crippen molar-refractivity contribution >= 4 is 6.29 Å². The Morgan fingerprint density at radius 3 is 2.17 bits per heavy atom. The minimum absolute atomic E-state index is 0.0347. The number of carbonyl (C=O) groups is 1. The molecule has 0 spiro atoms. The lowest BCUT2D eigenvalue weighted by Gasteiger charge is -1.91. The number of benzene rings is 1. The fourth-order valence-corrected chi connectivity index (χ4v) is 0.587. The first kappa shape index (κ1) is 10.1. The molecule has 0 radical (unpaired) electrons. The van der Waals surface area contributed by atoms with Gasteiger partial charge >= 0.3 is 0 Å². The highest BCUT2D eigenvalue weighted by Crippen LogP contribution is 2.11. The number of nitrogens with zero attached hydrogens (tertiary/aromatic N) is 1. The minimum Gasteiger partial charge on any atom is -0.507 e. The van der Waals surface area contributed by atoms with Crippen LogP contribution in [0.5, 0.6) is 5.75 Å². The Kier molecular flexibility index (Phi) is 4.91. The van der Waals surface area contributed by atoms with Gasteiger partial charge in [-0.05, 0) is 12.1 Å². The molecule has 12 heavy (non-hydrogen) atoms. The Hall–Kier alpha value is -1.91. The van der Waals surface area contributed by atoms with Crippen molar-refractivity contribution in [1.82, 2.24) is 0 Å². The van der Waals surface area contributed by atoms with E-state index in [4.69, 9.17) is 15.2 Å². The van der Waals surface area contributed by atoms with E-state index in [1.165, 1.54) is 11.4 Å². The molecule has 2 N–H and O–H groups in total. The van der Waals surface area contributed by atoms with Crippen molar-refractivity contribution in [3.05, 3.63) is 34.7 Å². The number of hydrogen-bond acceptors (Lipinski definition) is 4. The van der Waals surface area contributed by atoms with Crippen LogP contribution >= 0.6 is 0 Å². The first-order valence-electron chi connectivity index (χ1n) is 2.96. The maximum absolute atomic E-state index is 10.1. The SMILES string of the molecule is O=Cc1ccccc1O.O=NO. The van der Waals surface area contributed by atoms with E-state index in [0.29, 0.717) is 11.8 Å². The molecule has 5 heteroatoms. The summed E-state index contributed by atoms with van der Waals surface area (Å²) >= 11 is 0. The molecule has 0 aliphatic rings. The van der Waals surface area contributed by atoms with Gasteiger partial charge < -0.3 is 10.3 Å². The smallest absolute Gasteiger partial charge is 0.153 e. The molecular weight excluding hydrogens is 162 g/mol. The predicted octanol–water partition coefficient (Wildman–Crippen LogP) is 1.35. The van der Waals surface area contributed by atoms with Crippen LogP contribution in [0.4, 0.5) is 0 Å². The van der Waals surface area contributed by atoms with Gasteiger partial charge in [-0.2, -0.15) is 0 Å². The lowest BCUT2D eigenvalue weighted by molar-refractivity contribution is 0.112. The van der Waals surface area contributed by atoms with Crippen LogP contribution in [-0.4, -0.2) is 16.6 Å². The number of rotatable bonds is 1. The zero-order valence-electron chi connectivity index (χ0n) is 6.04. The molecule has 0 atom stereocenters. The van der Waals surface area contributed by atoms with E-state index in [0.717, 1.165) is 0 Å². The number of para-hydroxylation sites is 1. The largest absolute Gasteiger partial charge is 0.507 e. The molecule has 0 bridgehead atoms. The first-order chi connectivity index (χ1) is 5.76. The van der Waals surface area contributed by atoms with Crippen molar-refractivity contribution in [3.63, 3.8) is 0 Å². The molecule has 0 unspecified atom stereocenters. The van der Waals surface area contributed by atoms with E-state index < -0.39 is 0 Å². The third-order valence-corrected chi connectivity index (χ3v) is 1.06. The van der Waals surface area contributed by atoms with Gasteiger partial charge in [-0.3, -0.25) is 4.79 Å². The van der Waals surface area contributed by atoms with Crippen molar-refractivity contribution in [3.8, 4) is 5.75 Å². The van der Waals surface area contributed by atoms with Crippen molar-refractivity contribution in [2.24, 2.45) is 5.34 Å². The Labute approximate surface area is 68.2 Å². The van der Waals surface area contributed by atoms with E-state index >= 15 is 0 Å². The Morgan fingerprint density at radius 2 is 1.83 bits per heavy atom. The van der Waals surface area contributed by atoms with Crippen LogP contribution in [0.3, 0.4) is 0 Å². The average molecular weight is 169 g/mol. The number of phenols is 1. The minimum atomic E-state index is 0.0347. The highest BCUT2D eigenvalue weighted by atomic mass is 16.6. The summed E-state index contributed by atoms with van der Waals surface area (Å²) < 4.78 is 0. The summed E-state index contributed by atoms with van der Waals surface area (Å²) in [6.45, 7) is 0. The highest BCUT2D eigenvalue weighted by molar-refractivity contribution is 5.78. The van der Waals surface area contributed by atoms with E-state index in [9.17, 15) is 4.79 Å². The second-order valence-corrected chi connectivity index (χ2v) is 1.76. The van der Waals surface area contributed by atoms with Gasteiger partial charge in [-0.1, -0.05) is 12.1 Å². The van der Waals surface area contributed by atoms with Crippen molar-refractivity contribution < 1.29 is 15.1 Å². The van der Waals surface area contributed by atoms with E-state index in [1.807, 2.05) is 0 Å². The van der Waals surface area contributed by atoms with Gasteiger partial charge in [-0.15, -0.1) is 4.91 Å². The van der Waals surface area contributed by atoms with E-state index in [1.54, 1.807) is 18.2 Å². The second kappa shape index (κ2) is 5.84. The van der Waals surface area contributed by atoms with Crippen LogP contribution in [0.25, 0.3) is 0 Å². The summed E-state index contributed by atoms with van der Waals surface area (Å²) in [4.78, 5) is 18.2. The Balaban J connectivity index is 0.000000354. The summed E-state index contributed by atoms with van der Waals surface area (Å²) in [5, 5.41) is 16.8. The number of phenolic OH excluding ortho intramolecular Hbond substituents is 1. The molecule has 0 saturated carbocycles. The number of aromatic hydroxyl groups is 1. The molecule has 0 heterocycles. The van der Waals surface area contributed by atoms with Crippen LogP contribution < -0.4 is 0 Å². The summed E-state index contributed by atoms with van der Waals surface area (Å²) in [6, 6.07) is 6.40. The predicted molar refractivity (Wildman–Crippen MR) is 41.1 cm³/mol. The van der Waals surface area contributed by atoms with Gasteiger partial charge in [0, 0.05) is 0 Å². The quantitative estimate of drug-likeness (QED) is 0.377. The number of hydrogen-bond donors (Lipinski definition) is 2. The number of carbonyl (C=O) groups excluding carboxylic acids is 1. The van der Waals surface area contributed by atoms with E-state index in [-0.39, 0.29) is 5.75 Å². The molecule has 1 aromatic rings. The third kappa shape index (κ3) is 3.31. The maximum atomic E-state index is 10.1. The Bertz CT molecular complexity index is 261. The van der Waals surface area contributed by atoms with E-state index in [2.05, 4.69) is 0 Å². The first-order valence-corrected chi connectivity index (χ1v) is 2.96. The molecule has 5 nitrogen and oxygen atoms in total. The normalized spacial score (nSPS) is 7.67. The monoisotopic (exact) mass is 169 g/mol. The molecule has 0 fully saturated rings. The lowest BCUT2D eigenvalue weighted by atomic mass is 10.2. The van der Waals surface area contributed by atoms with Gasteiger partial charge in [0.05, 0.1) is 5.56 Å². The molecule has 0 aliphatic carbocycles. The average Bonchev–Trinajstić information content (AvgIpc) is 2.07. The Morgan fingerprint density at radius 1 is 1.33 bits per heavy atom. The fraction of sp³-hybridized carbons (Fsp3) is 0. The van der Waals surface area contributed by atoms with Gasteiger partial charge in [-0.25, -0.2) is 0 Å². The summed E-state index contributed by atoms with van der Waals surface area (Å²) in [6.07, 6.45) is 0.620. The second-order valence-electron chi connectivity index (χ2n) is 1.76. The summed E-state index contributed by atoms with van der Waals surface area (Å²) in [7, 11) is 0. The molecule has 1 rings (SSSR count). The van der Waals surface area contributed by atoms with Crippen LogP contribution in [0.15, 0.2) is 29.6 Å². The zero-order valence-corrected chi connectivity index (χ0v) is 6.04. The molecule has 0 aromatic heterocycles. The zero-order chi connectivity index (χ0) is 9.40. The molecule has 0 amide bonds. The lowest BCUT2D eigenvalue weighted by Crippen LogP contribution is -1.77. The molecule has 64 valence electrons. The van der Waals surface area contributed by atoms with Crippen LogP contribution in [0, 0.1) is 4.91 Å². The molecule has 1 aromatic carbocycles. The van der Waals surface area contributed by atoms with Crippen molar-refractivity contribution in [2.45, 2.75) is 0 Å². The highest BCUT2D eigenvalue weighted by Gasteiger charge is 1.93. The maximum Gasteiger partial charge on any atom is 0.153 e. The number of aldehydes is 1. The van der Waals surface area contributed by atoms with Crippen LogP contribution in [-0.2, 0) is 0 Å². The summed E-state index contributed by atoms with van der Waals surface area (Å²) in [5.41, 5.74) is 0.331. The van der Waals surface area contributed by atoms with Gasteiger partial charge in [0.2, 0.25) is 0 Å².